The van der Waals surface area contributed by atoms with Crippen molar-refractivity contribution in [3.8, 4) is 11.3 Å². The Hall–Kier alpha value is -2.20. The van der Waals surface area contributed by atoms with E-state index in [2.05, 4.69) is 15.2 Å². The van der Waals surface area contributed by atoms with E-state index in [1.165, 1.54) is 5.56 Å². The first-order valence-corrected chi connectivity index (χ1v) is 7.31. The zero-order valence-electron chi connectivity index (χ0n) is 10.8. The normalized spacial score (nSPS) is 10.4. The standard InChI is InChI=1S/C16H13N3S/c1-2-4-14(5-3-1)15-6-7-16(19-18-15)20-12-13-8-10-17-11-9-13/h1-11H,12H2. The Morgan fingerprint density at radius 3 is 2.30 bits per heavy atom. The lowest BCUT2D eigenvalue weighted by atomic mass is 10.1. The molecule has 0 bridgehead atoms. The molecule has 98 valence electrons. The van der Waals surface area contributed by atoms with Gasteiger partial charge in [-0.2, -0.15) is 0 Å². The third-order valence-corrected chi connectivity index (χ3v) is 3.84. The van der Waals surface area contributed by atoms with E-state index in [1.54, 1.807) is 24.2 Å². The summed E-state index contributed by atoms with van der Waals surface area (Å²) in [5, 5.41) is 9.48. The molecule has 2 aromatic heterocycles. The molecule has 0 amide bonds. The fourth-order valence-electron chi connectivity index (χ4n) is 1.80. The molecule has 0 aliphatic carbocycles. The zero-order valence-corrected chi connectivity index (χ0v) is 11.6. The second kappa shape index (κ2) is 6.30. The topological polar surface area (TPSA) is 38.7 Å². The van der Waals surface area contributed by atoms with E-state index in [1.807, 2.05) is 54.6 Å². The molecule has 0 saturated carbocycles. The molecule has 2 heterocycles. The molecule has 3 rings (SSSR count). The second-order valence-electron chi connectivity index (χ2n) is 4.27. The van der Waals surface area contributed by atoms with E-state index >= 15 is 0 Å². The van der Waals surface area contributed by atoms with Gasteiger partial charge in [0.15, 0.2) is 0 Å². The Labute approximate surface area is 122 Å². The largest absolute Gasteiger partial charge is 0.265 e. The molecule has 0 aliphatic heterocycles. The van der Waals surface area contributed by atoms with Gasteiger partial charge in [0.1, 0.15) is 5.03 Å². The van der Waals surface area contributed by atoms with Gasteiger partial charge in [-0.15, -0.1) is 10.2 Å². The molecular weight excluding hydrogens is 266 g/mol. The molecule has 0 aliphatic rings. The third-order valence-electron chi connectivity index (χ3n) is 2.85. The lowest BCUT2D eigenvalue weighted by Crippen LogP contribution is -1.90. The number of rotatable bonds is 4. The molecule has 3 nitrogen and oxygen atoms in total. The monoisotopic (exact) mass is 279 g/mol. The molecule has 0 radical (unpaired) electrons. The van der Waals surface area contributed by atoms with Gasteiger partial charge in [0.05, 0.1) is 5.69 Å². The molecule has 20 heavy (non-hydrogen) atoms. The van der Waals surface area contributed by atoms with Crippen molar-refractivity contribution in [2.24, 2.45) is 0 Å². The summed E-state index contributed by atoms with van der Waals surface area (Å²) in [6, 6.07) is 18.1. The van der Waals surface area contributed by atoms with Crippen molar-refractivity contribution in [1.29, 1.82) is 0 Å². The van der Waals surface area contributed by atoms with Gasteiger partial charge in [-0.3, -0.25) is 4.98 Å². The minimum absolute atomic E-state index is 0.877. The van der Waals surface area contributed by atoms with Gasteiger partial charge in [-0.25, -0.2) is 0 Å². The average molecular weight is 279 g/mol. The second-order valence-corrected chi connectivity index (χ2v) is 5.26. The summed E-state index contributed by atoms with van der Waals surface area (Å²) in [4.78, 5) is 4.01. The Kier molecular flexibility index (Phi) is 4.04. The van der Waals surface area contributed by atoms with Crippen LogP contribution in [0.3, 0.4) is 0 Å². The number of pyridine rings is 1. The summed E-state index contributed by atoms with van der Waals surface area (Å²) in [5.74, 6) is 0.877. The van der Waals surface area contributed by atoms with Gasteiger partial charge in [-0.05, 0) is 29.8 Å². The zero-order chi connectivity index (χ0) is 13.6. The number of thioether (sulfide) groups is 1. The summed E-state index contributed by atoms with van der Waals surface area (Å²) in [6.07, 6.45) is 3.61. The molecule has 0 N–H and O–H groups in total. The summed E-state index contributed by atoms with van der Waals surface area (Å²) >= 11 is 1.68. The van der Waals surface area contributed by atoms with Gasteiger partial charge in [-0.1, -0.05) is 42.1 Å². The minimum atomic E-state index is 0.877. The first-order chi connectivity index (χ1) is 9.92. The summed E-state index contributed by atoms with van der Waals surface area (Å²) in [7, 11) is 0. The average Bonchev–Trinajstić information content (AvgIpc) is 2.55. The lowest BCUT2D eigenvalue weighted by molar-refractivity contribution is 0.935. The number of nitrogens with zero attached hydrogens (tertiary/aromatic N) is 3. The van der Waals surface area contributed by atoms with Gasteiger partial charge in [0.25, 0.3) is 0 Å². The van der Waals surface area contributed by atoms with Crippen LogP contribution in [-0.2, 0) is 5.75 Å². The van der Waals surface area contributed by atoms with E-state index in [-0.39, 0.29) is 0 Å². The number of hydrogen-bond donors (Lipinski definition) is 0. The van der Waals surface area contributed by atoms with Crippen LogP contribution in [0.1, 0.15) is 5.56 Å². The molecule has 3 aromatic rings. The highest BCUT2D eigenvalue weighted by molar-refractivity contribution is 7.98. The summed E-state index contributed by atoms with van der Waals surface area (Å²) < 4.78 is 0. The molecule has 0 saturated heterocycles. The smallest absolute Gasteiger partial charge is 0.119 e. The van der Waals surface area contributed by atoms with Crippen LogP contribution in [0, 0.1) is 0 Å². The molecular formula is C16H13N3S. The van der Waals surface area contributed by atoms with Gasteiger partial charge >= 0.3 is 0 Å². The molecule has 0 spiro atoms. The van der Waals surface area contributed by atoms with Crippen LogP contribution in [0.5, 0.6) is 0 Å². The molecule has 0 atom stereocenters. The van der Waals surface area contributed by atoms with Crippen LogP contribution in [0.15, 0.2) is 72.0 Å². The number of hydrogen-bond acceptors (Lipinski definition) is 4. The van der Waals surface area contributed by atoms with E-state index in [4.69, 9.17) is 0 Å². The first-order valence-electron chi connectivity index (χ1n) is 6.33. The predicted octanol–water partition coefficient (Wildman–Crippen LogP) is 3.83. The number of aromatic nitrogens is 3. The van der Waals surface area contributed by atoms with Crippen molar-refractivity contribution in [3.63, 3.8) is 0 Å². The van der Waals surface area contributed by atoms with Crippen LogP contribution in [-0.4, -0.2) is 15.2 Å². The first kappa shape index (κ1) is 12.8. The Bertz CT molecular complexity index is 654. The predicted molar refractivity (Wildman–Crippen MR) is 81.3 cm³/mol. The molecule has 0 unspecified atom stereocenters. The van der Waals surface area contributed by atoms with Crippen molar-refractivity contribution in [2.45, 2.75) is 10.8 Å². The van der Waals surface area contributed by atoms with Crippen molar-refractivity contribution >= 4 is 11.8 Å². The quantitative estimate of drug-likeness (QED) is 0.680. The van der Waals surface area contributed by atoms with Crippen LogP contribution in [0.25, 0.3) is 11.3 Å². The fourth-order valence-corrected chi connectivity index (χ4v) is 2.57. The van der Waals surface area contributed by atoms with Crippen LogP contribution in [0.4, 0.5) is 0 Å². The van der Waals surface area contributed by atoms with Crippen LogP contribution < -0.4 is 0 Å². The van der Waals surface area contributed by atoms with Crippen molar-refractivity contribution in [3.05, 3.63) is 72.6 Å². The maximum absolute atomic E-state index is 4.28. The van der Waals surface area contributed by atoms with Gasteiger partial charge in [0.2, 0.25) is 0 Å². The maximum Gasteiger partial charge on any atom is 0.119 e. The van der Waals surface area contributed by atoms with Crippen LogP contribution >= 0.6 is 11.8 Å². The highest BCUT2D eigenvalue weighted by atomic mass is 32.2. The maximum atomic E-state index is 4.28. The van der Waals surface area contributed by atoms with Gasteiger partial charge < -0.3 is 0 Å². The van der Waals surface area contributed by atoms with Crippen molar-refractivity contribution in [1.82, 2.24) is 15.2 Å². The molecule has 4 heteroatoms. The minimum Gasteiger partial charge on any atom is -0.265 e. The van der Waals surface area contributed by atoms with Crippen molar-refractivity contribution < 1.29 is 0 Å². The summed E-state index contributed by atoms with van der Waals surface area (Å²) in [6.45, 7) is 0. The third kappa shape index (κ3) is 3.22. The van der Waals surface area contributed by atoms with E-state index in [0.29, 0.717) is 0 Å². The SMILES string of the molecule is c1ccc(-c2ccc(SCc3ccncc3)nn2)cc1. The fraction of sp³-hybridized carbons (Fsp3) is 0.0625. The highest BCUT2D eigenvalue weighted by Crippen LogP contribution is 2.22. The highest BCUT2D eigenvalue weighted by Gasteiger charge is 2.01. The lowest BCUT2D eigenvalue weighted by Gasteiger charge is -2.02. The molecule has 1 aromatic carbocycles. The van der Waals surface area contributed by atoms with Crippen molar-refractivity contribution in [2.75, 3.05) is 0 Å². The van der Waals surface area contributed by atoms with E-state index < -0.39 is 0 Å². The van der Waals surface area contributed by atoms with E-state index in [9.17, 15) is 0 Å². The molecule has 0 fully saturated rings. The number of benzene rings is 1. The Balaban J connectivity index is 1.68. The van der Waals surface area contributed by atoms with Gasteiger partial charge in [0, 0.05) is 23.7 Å². The Morgan fingerprint density at radius 1 is 0.800 bits per heavy atom. The Morgan fingerprint density at radius 2 is 1.60 bits per heavy atom. The van der Waals surface area contributed by atoms with E-state index in [0.717, 1.165) is 22.0 Å². The van der Waals surface area contributed by atoms with Crippen LogP contribution in [0.2, 0.25) is 0 Å². The summed E-state index contributed by atoms with van der Waals surface area (Å²) in [5.41, 5.74) is 3.23.